The second kappa shape index (κ2) is 8.42. The summed E-state index contributed by atoms with van der Waals surface area (Å²) in [6.45, 7) is 8.47. The van der Waals surface area contributed by atoms with Gasteiger partial charge in [-0.05, 0) is 33.3 Å². The molecule has 4 heterocycles. The first-order chi connectivity index (χ1) is 15.8. The van der Waals surface area contributed by atoms with E-state index < -0.39 is 11.7 Å². The third-order valence-electron chi connectivity index (χ3n) is 6.09. The van der Waals surface area contributed by atoms with Gasteiger partial charge in [0.25, 0.3) is 0 Å². The number of imidazole rings is 1. The number of hydrogen-bond donors (Lipinski definition) is 1. The number of pyridine rings is 1. The van der Waals surface area contributed by atoms with Gasteiger partial charge in [-0.1, -0.05) is 36.7 Å². The molecule has 0 spiro atoms. The van der Waals surface area contributed by atoms with Crippen molar-refractivity contribution in [3.63, 3.8) is 0 Å². The van der Waals surface area contributed by atoms with Crippen molar-refractivity contribution in [1.82, 2.24) is 19.9 Å². The van der Waals surface area contributed by atoms with Crippen molar-refractivity contribution in [2.75, 3.05) is 13.2 Å². The summed E-state index contributed by atoms with van der Waals surface area (Å²) in [5.41, 5.74) is 1.91. The van der Waals surface area contributed by atoms with Gasteiger partial charge >= 0.3 is 6.09 Å². The third-order valence-corrected chi connectivity index (χ3v) is 6.36. The number of aryl methyl sites for hydroxylation is 1. The van der Waals surface area contributed by atoms with Gasteiger partial charge in [0.15, 0.2) is 5.15 Å². The van der Waals surface area contributed by atoms with Crippen molar-refractivity contribution in [3.05, 3.63) is 35.2 Å². The summed E-state index contributed by atoms with van der Waals surface area (Å²) < 4.78 is 20.0. The van der Waals surface area contributed by atoms with Gasteiger partial charge in [-0.25, -0.2) is 14.8 Å². The molecule has 2 aromatic heterocycles. The van der Waals surface area contributed by atoms with Gasteiger partial charge in [0, 0.05) is 11.8 Å². The van der Waals surface area contributed by atoms with E-state index >= 15 is 0 Å². The lowest BCUT2D eigenvalue weighted by molar-refractivity contribution is 0.0405. The number of benzene rings is 1. The molecular weight excluding hydrogens is 444 g/mol. The number of nitrogens with zero attached hydrogens (tertiary/aromatic N) is 3. The molecule has 2 aliphatic rings. The Bertz CT molecular complexity index is 1200. The molecule has 0 unspecified atom stereocenters. The average Bonchev–Trinajstić information content (AvgIpc) is 3.42. The molecule has 4 atom stereocenters. The maximum atomic E-state index is 12.3. The molecule has 9 heteroatoms. The highest BCUT2D eigenvalue weighted by atomic mass is 35.5. The highest BCUT2D eigenvalue weighted by Crippen LogP contribution is 2.40. The molecule has 33 heavy (non-hydrogen) atoms. The monoisotopic (exact) mass is 472 g/mol. The first-order valence-corrected chi connectivity index (χ1v) is 11.8. The zero-order valence-electron chi connectivity index (χ0n) is 19.3. The fourth-order valence-corrected chi connectivity index (χ4v) is 5.07. The van der Waals surface area contributed by atoms with Crippen molar-refractivity contribution in [2.45, 2.75) is 70.4 Å². The van der Waals surface area contributed by atoms with Crippen LogP contribution in [0.5, 0.6) is 0 Å². The van der Waals surface area contributed by atoms with Crippen LogP contribution in [0.15, 0.2) is 24.3 Å². The summed E-state index contributed by atoms with van der Waals surface area (Å²) >= 11 is 6.56. The lowest BCUT2D eigenvalue weighted by Gasteiger charge is -2.23. The van der Waals surface area contributed by atoms with Crippen molar-refractivity contribution < 1.29 is 19.0 Å². The molecule has 1 aromatic carbocycles. The molecule has 1 amide bonds. The summed E-state index contributed by atoms with van der Waals surface area (Å²) in [6.07, 6.45) is 0.791. The second-order valence-electron chi connectivity index (χ2n) is 9.68. The lowest BCUT2D eigenvalue weighted by Crippen LogP contribution is -2.46. The van der Waals surface area contributed by atoms with Gasteiger partial charge in [-0.15, -0.1) is 0 Å². The van der Waals surface area contributed by atoms with Crippen LogP contribution in [0, 0.1) is 0 Å². The number of alkyl carbamates (subject to hydrolysis) is 1. The molecule has 176 valence electrons. The van der Waals surface area contributed by atoms with E-state index in [1.165, 1.54) is 0 Å². The Labute approximate surface area is 197 Å². The van der Waals surface area contributed by atoms with Crippen LogP contribution in [0.3, 0.4) is 0 Å². The van der Waals surface area contributed by atoms with Crippen molar-refractivity contribution in [1.29, 1.82) is 0 Å². The Hall–Kier alpha value is -2.42. The summed E-state index contributed by atoms with van der Waals surface area (Å²) in [6, 6.07) is 7.58. The van der Waals surface area contributed by atoms with E-state index in [4.69, 9.17) is 30.8 Å². The Morgan fingerprint density at radius 3 is 2.73 bits per heavy atom. The summed E-state index contributed by atoms with van der Waals surface area (Å²) in [5.74, 6) is 0.939. The molecule has 8 nitrogen and oxygen atoms in total. The van der Waals surface area contributed by atoms with Gasteiger partial charge in [-0.2, -0.15) is 0 Å². The number of nitrogens with one attached hydrogen (secondary N) is 1. The van der Waals surface area contributed by atoms with E-state index in [1.54, 1.807) is 0 Å². The Morgan fingerprint density at radius 1 is 1.21 bits per heavy atom. The smallest absolute Gasteiger partial charge is 0.408 e. The number of para-hydroxylation sites is 1. The highest BCUT2D eigenvalue weighted by Gasteiger charge is 2.50. The van der Waals surface area contributed by atoms with E-state index in [1.807, 2.05) is 45.0 Å². The quantitative estimate of drug-likeness (QED) is 0.565. The maximum Gasteiger partial charge on any atom is 0.408 e. The minimum absolute atomic E-state index is 0.0890. The van der Waals surface area contributed by atoms with Gasteiger partial charge in [0.05, 0.1) is 36.3 Å². The maximum absolute atomic E-state index is 12.3. The number of hydrogen-bond acceptors (Lipinski definition) is 6. The van der Waals surface area contributed by atoms with Crippen LogP contribution in [0.25, 0.3) is 21.9 Å². The van der Waals surface area contributed by atoms with Crippen LogP contribution in [0.2, 0.25) is 5.15 Å². The number of ether oxygens (including phenoxy) is 3. The predicted octanol–water partition coefficient (Wildman–Crippen LogP) is 4.42. The van der Waals surface area contributed by atoms with E-state index in [2.05, 4.69) is 21.8 Å². The molecular formula is C24H29ClN4O4. The summed E-state index contributed by atoms with van der Waals surface area (Å²) in [7, 11) is 0. The number of amides is 1. The van der Waals surface area contributed by atoms with Crippen molar-refractivity contribution in [2.24, 2.45) is 0 Å². The Balaban J connectivity index is 1.51. The van der Waals surface area contributed by atoms with Crippen LogP contribution in [-0.4, -0.2) is 57.7 Å². The minimum atomic E-state index is -0.568. The topological polar surface area (TPSA) is 87.5 Å². The lowest BCUT2D eigenvalue weighted by atomic mass is 10.1. The number of fused-ring (bicyclic) bond motifs is 4. The molecule has 0 radical (unpaired) electrons. The van der Waals surface area contributed by atoms with Gasteiger partial charge in [0.1, 0.15) is 29.2 Å². The average molecular weight is 473 g/mol. The third kappa shape index (κ3) is 4.05. The molecule has 2 fully saturated rings. The van der Waals surface area contributed by atoms with Crippen LogP contribution in [0.4, 0.5) is 4.79 Å². The van der Waals surface area contributed by atoms with Crippen LogP contribution in [-0.2, 0) is 20.6 Å². The summed E-state index contributed by atoms with van der Waals surface area (Å²) in [4.78, 5) is 21.8. The number of rotatable bonds is 4. The first kappa shape index (κ1) is 22.4. The molecule has 1 N–H and O–H groups in total. The molecule has 2 aliphatic heterocycles. The van der Waals surface area contributed by atoms with E-state index in [0.29, 0.717) is 23.9 Å². The zero-order chi connectivity index (χ0) is 23.3. The number of carbonyl (C=O) groups is 1. The Kier molecular flexibility index (Phi) is 5.71. The highest BCUT2D eigenvalue weighted by molar-refractivity contribution is 6.35. The SMILES string of the molecule is CCCc1nc2c(Cl)nc3ccccc3c2n1[C@H]1CO[C@H]2[C@@H]1OC[C@@H]2NC(=O)OC(C)(C)C. The first-order valence-electron chi connectivity index (χ1n) is 11.4. The van der Waals surface area contributed by atoms with Crippen LogP contribution >= 0.6 is 11.6 Å². The van der Waals surface area contributed by atoms with E-state index in [9.17, 15) is 4.79 Å². The minimum Gasteiger partial charge on any atom is -0.444 e. The zero-order valence-corrected chi connectivity index (χ0v) is 20.1. The van der Waals surface area contributed by atoms with E-state index in [0.717, 1.165) is 35.1 Å². The fraction of sp³-hybridized carbons (Fsp3) is 0.542. The molecule has 0 aliphatic carbocycles. The molecule has 3 aromatic rings. The van der Waals surface area contributed by atoms with E-state index in [-0.39, 0.29) is 24.3 Å². The summed E-state index contributed by atoms with van der Waals surface area (Å²) in [5, 5.41) is 4.31. The number of carbonyl (C=O) groups excluding carboxylic acids is 1. The predicted molar refractivity (Wildman–Crippen MR) is 126 cm³/mol. The Morgan fingerprint density at radius 2 is 1.97 bits per heavy atom. The second-order valence-corrected chi connectivity index (χ2v) is 10.0. The van der Waals surface area contributed by atoms with Crippen molar-refractivity contribution >= 4 is 39.6 Å². The van der Waals surface area contributed by atoms with Gasteiger partial charge in [0.2, 0.25) is 0 Å². The van der Waals surface area contributed by atoms with Crippen LogP contribution < -0.4 is 5.32 Å². The normalized spacial score (nSPS) is 25.0. The molecule has 5 rings (SSSR count). The fourth-order valence-electron chi connectivity index (χ4n) is 4.85. The largest absolute Gasteiger partial charge is 0.444 e. The van der Waals surface area contributed by atoms with Crippen molar-refractivity contribution in [3.8, 4) is 0 Å². The number of aromatic nitrogens is 3. The molecule has 0 saturated carbocycles. The van der Waals surface area contributed by atoms with Gasteiger partial charge in [-0.3, -0.25) is 0 Å². The van der Waals surface area contributed by atoms with Gasteiger partial charge < -0.3 is 24.1 Å². The van der Waals surface area contributed by atoms with Crippen LogP contribution in [0.1, 0.15) is 46.0 Å². The standard InChI is InChI=1S/C24H29ClN4O4/c1-5-8-17-28-18-19(13-9-6-7-10-14(13)26-22(18)25)29(17)16-12-32-20-15(11-31-21(16)20)27-23(30)33-24(2,3)4/h6-7,9-10,15-16,20-21H,5,8,11-12H2,1-4H3,(H,27,30)/t15-,16-,20+,21+/m0/s1. The molecule has 2 saturated heterocycles. The molecule has 0 bridgehead atoms. The number of halogens is 1.